The second-order valence-electron chi connectivity index (χ2n) is 8.09. The van der Waals surface area contributed by atoms with E-state index in [1.54, 1.807) is 7.11 Å². The van der Waals surface area contributed by atoms with Gasteiger partial charge in [-0.3, -0.25) is 9.88 Å². The quantitative estimate of drug-likeness (QED) is 0.703. The molecule has 1 aromatic carbocycles. The zero-order valence-electron chi connectivity index (χ0n) is 16.9. The van der Waals surface area contributed by atoms with Crippen LogP contribution in [0.1, 0.15) is 17.7 Å². The van der Waals surface area contributed by atoms with E-state index in [-0.39, 0.29) is 6.29 Å². The average molecular weight is 425 g/mol. The first-order valence-corrected chi connectivity index (χ1v) is 10.7. The summed E-state index contributed by atoms with van der Waals surface area (Å²) in [6.07, 6.45) is 7.15. The van der Waals surface area contributed by atoms with Gasteiger partial charge in [-0.1, -0.05) is 23.7 Å². The number of rotatable bonds is 6. The third-order valence-electron chi connectivity index (χ3n) is 5.96. The number of halogens is 1. The van der Waals surface area contributed by atoms with Crippen molar-refractivity contribution in [3.05, 3.63) is 71.2 Å². The highest BCUT2D eigenvalue weighted by Crippen LogP contribution is 2.46. The highest BCUT2D eigenvalue weighted by Gasteiger charge is 2.48. The standard InChI is InChI=1S/C23H25ClN4O2/c1-29-21-6-5-16(10-20(21)24)15-30-22-7-9-27(14-19-4-2-3-8-25-19)23(26-22)28-12-17-11-18(17)13-28/h2-10,17-18,23H,11-15H2,1H3. The first-order chi connectivity index (χ1) is 14.7. The predicted molar refractivity (Wildman–Crippen MR) is 116 cm³/mol. The molecule has 3 unspecified atom stereocenters. The number of fused-ring (bicyclic) bond motifs is 1. The Hall–Kier alpha value is -2.57. The molecule has 2 aliphatic heterocycles. The zero-order valence-corrected chi connectivity index (χ0v) is 17.7. The largest absolute Gasteiger partial charge is 0.495 e. The van der Waals surface area contributed by atoms with Gasteiger partial charge in [0.2, 0.25) is 5.90 Å². The van der Waals surface area contributed by atoms with Crippen LogP contribution in [0, 0.1) is 11.8 Å². The van der Waals surface area contributed by atoms with E-state index < -0.39 is 0 Å². The average Bonchev–Trinajstić information content (AvgIpc) is 3.38. The normalized spacial score (nSPS) is 25.1. The number of hydrogen-bond donors (Lipinski definition) is 0. The van der Waals surface area contributed by atoms with Crippen LogP contribution in [0.3, 0.4) is 0 Å². The van der Waals surface area contributed by atoms with E-state index in [2.05, 4.69) is 27.1 Å². The predicted octanol–water partition coefficient (Wildman–Crippen LogP) is 3.92. The first kappa shape index (κ1) is 19.4. The molecular weight excluding hydrogens is 400 g/mol. The third kappa shape index (κ3) is 4.16. The summed E-state index contributed by atoms with van der Waals surface area (Å²) in [6, 6.07) is 11.7. The van der Waals surface area contributed by atoms with Crippen molar-refractivity contribution < 1.29 is 9.47 Å². The van der Waals surface area contributed by atoms with Crippen LogP contribution >= 0.6 is 11.6 Å². The molecule has 5 rings (SSSR count). The number of pyridine rings is 1. The van der Waals surface area contributed by atoms with Crippen LogP contribution in [0.15, 0.2) is 59.9 Å². The van der Waals surface area contributed by atoms with Crippen molar-refractivity contribution in [3.8, 4) is 5.75 Å². The Labute approximate surface area is 181 Å². The van der Waals surface area contributed by atoms with Gasteiger partial charge in [0, 0.05) is 31.6 Å². The second-order valence-corrected chi connectivity index (χ2v) is 8.50. The van der Waals surface area contributed by atoms with Gasteiger partial charge in [0.15, 0.2) is 6.29 Å². The smallest absolute Gasteiger partial charge is 0.213 e. The van der Waals surface area contributed by atoms with Gasteiger partial charge in [0.05, 0.1) is 24.4 Å². The molecule has 0 radical (unpaired) electrons. The van der Waals surface area contributed by atoms with Crippen LogP contribution in [-0.2, 0) is 17.9 Å². The van der Waals surface area contributed by atoms with E-state index in [4.69, 9.17) is 26.1 Å². The molecule has 1 saturated carbocycles. The molecule has 0 spiro atoms. The number of nitrogens with zero attached hydrogens (tertiary/aromatic N) is 4. The highest BCUT2D eigenvalue weighted by molar-refractivity contribution is 6.32. The van der Waals surface area contributed by atoms with E-state index in [9.17, 15) is 0 Å². The summed E-state index contributed by atoms with van der Waals surface area (Å²) in [5.74, 6) is 2.99. The Morgan fingerprint density at radius 1 is 1.17 bits per heavy atom. The fourth-order valence-corrected chi connectivity index (χ4v) is 4.52. The van der Waals surface area contributed by atoms with E-state index >= 15 is 0 Å². The topological polar surface area (TPSA) is 50.2 Å². The van der Waals surface area contributed by atoms with Gasteiger partial charge < -0.3 is 14.4 Å². The van der Waals surface area contributed by atoms with Crippen LogP contribution in [0.4, 0.5) is 0 Å². The molecular formula is C23H25ClN4O2. The number of ether oxygens (including phenoxy) is 2. The molecule has 7 heteroatoms. The Balaban J connectivity index is 1.29. The van der Waals surface area contributed by atoms with Gasteiger partial charge >= 0.3 is 0 Å². The molecule has 3 heterocycles. The Bertz CT molecular complexity index is 955. The summed E-state index contributed by atoms with van der Waals surface area (Å²) in [6.45, 7) is 3.34. The zero-order chi connectivity index (χ0) is 20.5. The molecule has 1 saturated heterocycles. The van der Waals surface area contributed by atoms with Crippen LogP contribution < -0.4 is 4.74 Å². The van der Waals surface area contributed by atoms with Gasteiger partial charge in [-0.2, -0.15) is 0 Å². The van der Waals surface area contributed by atoms with E-state index in [0.29, 0.717) is 23.3 Å². The van der Waals surface area contributed by atoms with Crippen molar-refractivity contribution in [3.63, 3.8) is 0 Å². The number of likely N-dealkylation sites (tertiary alicyclic amines) is 1. The molecule has 156 valence electrons. The molecule has 30 heavy (non-hydrogen) atoms. The van der Waals surface area contributed by atoms with Crippen molar-refractivity contribution >= 4 is 17.5 Å². The molecule has 6 nitrogen and oxygen atoms in total. The molecule has 2 aromatic rings. The van der Waals surface area contributed by atoms with Gasteiger partial charge in [0.25, 0.3) is 0 Å². The van der Waals surface area contributed by atoms with Gasteiger partial charge in [-0.05, 0) is 48.1 Å². The summed E-state index contributed by atoms with van der Waals surface area (Å²) in [5, 5.41) is 0.579. The fourth-order valence-electron chi connectivity index (χ4n) is 4.24. The minimum Gasteiger partial charge on any atom is -0.495 e. The van der Waals surface area contributed by atoms with E-state index in [0.717, 1.165) is 42.7 Å². The van der Waals surface area contributed by atoms with Gasteiger partial charge in [0.1, 0.15) is 12.4 Å². The molecule has 0 N–H and O–H groups in total. The van der Waals surface area contributed by atoms with Crippen LogP contribution in [-0.4, -0.2) is 47.2 Å². The number of piperidine rings is 1. The van der Waals surface area contributed by atoms with Crippen LogP contribution in [0.2, 0.25) is 5.02 Å². The lowest BCUT2D eigenvalue weighted by Crippen LogP contribution is -2.46. The van der Waals surface area contributed by atoms with Gasteiger partial charge in [-0.25, -0.2) is 4.99 Å². The van der Waals surface area contributed by atoms with Crippen LogP contribution in [0.25, 0.3) is 0 Å². The summed E-state index contributed by atoms with van der Waals surface area (Å²) < 4.78 is 11.2. The number of benzene rings is 1. The Kier molecular flexibility index (Phi) is 5.35. The summed E-state index contributed by atoms with van der Waals surface area (Å²) in [7, 11) is 1.61. The number of aromatic nitrogens is 1. The fraction of sp³-hybridized carbons (Fsp3) is 0.391. The minimum absolute atomic E-state index is 0.0562. The summed E-state index contributed by atoms with van der Waals surface area (Å²) in [4.78, 5) is 14.1. The molecule has 1 aromatic heterocycles. The molecule has 0 bridgehead atoms. The maximum atomic E-state index is 6.23. The SMILES string of the molecule is COc1ccc(COC2=NC(N3CC4CC4C3)N(Cc3ccccn3)C=C2)cc1Cl. The molecule has 1 aliphatic carbocycles. The first-order valence-electron chi connectivity index (χ1n) is 10.3. The summed E-state index contributed by atoms with van der Waals surface area (Å²) >= 11 is 6.23. The van der Waals surface area contributed by atoms with Crippen molar-refractivity contribution in [1.29, 1.82) is 0 Å². The molecule has 3 aliphatic rings. The van der Waals surface area contributed by atoms with Crippen LogP contribution in [0.5, 0.6) is 5.75 Å². The number of methoxy groups -OCH3 is 1. The summed E-state index contributed by atoms with van der Waals surface area (Å²) in [5.41, 5.74) is 2.01. The van der Waals surface area contributed by atoms with Crippen molar-refractivity contribution in [2.24, 2.45) is 16.8 Å². The maximum Gasteiger partial charge on any atom is 0.213 e. The van der Waals surface area contributed by atoms with E-state index in [1.807, 2.05) is 42.6 Å². The number of hydrogen-bond acceptors (Lipinski definition) is 6. The maximum absolute atomic E-state index is 6.23. The molecule has 0 amide bonds. The van der Waals surface area contributed by atoms with E-state index in [1.165, 1.54) is 6.42 Å². The van der Waals surface area contributed by atoms with Gasteiger partial charge in [-0.15, -0.1) is 0 Å². The van der Waals surface area contributed by atoms with Crippen molar-refractivity contribution in [2.45, 2.75) is 25.9 Å². The monoisotopic (exact) mass is 424 g/mol. The minimum atomic E-state index is -0.0562. The lowest BCUT2D eigenvalue weighted by Gasteiger charge is -2.37. The lowest BCUT2D eigenvalue weighted by molar-refractivity contribution is 0.0820. The lowest BCUT2D eigenvalue weighted by atomic mass is 10.2. The molecule has 2 fully saturated rings. The Morgan fingerprint density at radius 3 is 2.77 bits per heavy atom. The van der Waals surface area contributed by atoms with Crippen molar-refractivity contribution in [2.75, 3.05) is 20.2 Å². The molecule has 3 atom stereocenters. The second kappa shape index (κ2) is 8.28. The van der Waals surface area contributed by atoms with Crippen molar-refractivity contribution in [1.82, 2.24) is 14.8 Å². The number of aliphatic imine (C=N–C) groups is 1. The highest BCUT2D eigenvalue weighted by atomic mass is 35.5. The Morgan fingerprint density at radius 2 is 2.03 bits per heavy atom. The third-order valence-corrected chi connectivity index (χ3v) is 6.25.